The second-order valence-electron chi connectivity index (χ2n) is 4.73. The molecule has 0 N–H and O–H groups in total. The molecule has 0 aliphatic carbocycles. The van der Waals surface area contributed by atoms with Crippen molar-refractivity contribution in [3.8, 4) is 11.5 Å². The Kier molecular flexibility index (Phi) is 5.36. The first-order valence-electron chi connectivity index (χ1n) is 6.88. The van der Waals surface area contributed by atoms with Gasteiger partial charge in [0, 0.05) is 12.6 Å². The number of para-hydroxylation sites is 1. The van der Waals surface area contributed by atoms with Crippen molar-refractivity contribution >= 4 is 5.91 Å². The van der Waals surface area contributed by atoms with Gasteiger partial charge in [-0.2, -0.15) is 0 Å². The Morgan fingerprint density at radius 1 is 1.14 bits per heavy atom. The molecule has 0 aliphatic rings. The fraction of sp³-hybridized carbons (Fsp3) is 0.235. The molecule has 2 aromatic rings. The summed E-state index contributed by atoms with van der Waals surface area (Å²) in [4.78, 5) is 13.7. The van der Waals surface area contributed by atoms with Gasteiger partial charge in [-0.05, 0) is 36.4 Å². The van der Waals surface area contributed by atoms with Crippen molar-refractivity contribution in [2.24, 2.45) is 0 Å². The van der Waals surface area contributed by atoms with Crippen molar-refractivity contribution < 1.29 is 18.7 Å². The van der Waals surface area contributed by atoms with E-state index in [2.05, 4.69) is 0 Å². The van der Waals surface area contributed by atoms with E-state index in [1.807, 2.05) is 0 Å². The molecular formula is C17H18FNO3. The summed E-state index contributed by atoms with van der Waals surface area (Å²) in [6.07, 6.45) is 0. The van der Waals surface area contributed by atoms with Crippen molar-refractivity contribution in [3.63, 3.8) is 0 Å². The van der Waals surface area contributed by atoms with Crippen LogP contribution in [0.4, 0.5) is 4.39 Å². The Hall–Kier alpha value is -2.56. The molecule has 0 saturated heterocycles. The third kappa shape index (κ3) is 3.97. The molecule has 116 valence electrons. The van der Waals surface area contributed by atoms with Crippen molar-refractivity contribution in [2.75, 3.05) is 27.3 Å². The summed E-state index contributed by atoms with van der Waals surface area (Å²) in [6.45, 7) is 0.582. The van der Waals surface area contributed by atoms with Gasteiger partial charge in [0.2, 0.25) is 0 Å². The Morgan fingerprint density at radius 3 is 2.45 bits per heavy atom. The van der Waals surface area contributed by atoms with Crippen molar-refractivity contribution in [2.45, 2.75) is 0 Å². The van der Waals surface area contributed by atoms with Crippen molar-refractivity contribution in [1.82, 2.24) is 4.90 Å². The average Bonchev–Trinajstić information content (AvgIpc) is 2.56. The maximum absolute atomic E-state index is 13.4. The molecule has 0 spiro atoms. The standard InChI is InChI=1S/C17H18FNO3/c1-19(11-12-22-16-6-4-3-5-15(16)18)17(20)13-7-9-14(21-2)10-8-13/h3-10H,11-12H2,1-2H3. The number of carbonyl (C=O) groups is 1. The van der Waals surface area contributed by atoms with Gasteiger partial charge in [-0.3, -0.25) is 4.79 Å². The van der Waals surface area contributed by atoms with E-state index in [0.29, 0.717) is 17.9 Å². The first-order valence-corrected chi connectivity index (χ1v) is 6.88. The minimum atomic E-state index is -0.411. The van der Waals surface area contributed by atoms with Gasteiger partial charge < -0.3 is 14.4 Å². The molecule has 1 amide bonds. The van der Waals surface area contributed by atoms with Crippen LogP contribution in [0, 0.1) is 5.82 Å². The Labute approximate surface area is 129 Å². The lowest BCUT2D eigenvalue weighted by molar-refractivity contribution is 0.0773. The minimum absolute atomic E-state index is 0.125. The molecule has 0 fully saturated rings. The molecule has 0 bridgehead atoms. The highest BCUT2D eigenvalue weighted by Crippen LogP contribution is 2.15. The molecule has 0 saturated carbocycles. The van der Waals surface area contributed by atoms with Crippen LogP contribution in [0.2, 0.25) is 0 Å². The molecule has 0 unspecified atom stereocenters. The molecule has 0 heterocycles. The van der Waals surface area contributed by atoms with Gasteiger partial charge in [-0.25, -0.2) is 4.39 Å². The van der Waals surface area contributed by atoms with Crippen LogP contribution < -0.4 is 9.47 Å². The molecular weight excluding hydrogens is 285 g/mol. The number of rotatable bonds is 6. The zero-order valence-electron chi connectivity index (χ0n) is 12.6. The third-order valence-electron chi connectivity index (χ3n) is 3.20. The zero-order chi connectivity index (χ0) is 15.9. The number of hydrogen-bond acceptors (Lipinski definition) is 3. The van der Waals surface area contributed by atoms with Crippen LogP contribution in [0.5, 0.6) is 11.5 Å². The van der Waals surface area contributed by atoms with Crippen LogP contribution in [0.1, 0.15) is 10.4 Å². The number of amides is 1. The lowest BCUT2D eigenvalue weighted by atomic mass is 10.2. The molecule has 0 atom stereocenters. The smallest absolute Gasteiger partial charge is 0.253 e. The van der Waals surface area contributed by atoms with Crippen LogP contribution in [-0.2, 0) is 0 Å². The Morgan fingerprint density at radius 2 is 1.82 bits per heavy atom. The number of ether oxygens (including phenoxy) is 2. The maximum atomic E-state index is 13.4. The van der Waals surface area contributed by atoms with Crippen LogP contribution in [-0.4, -0.2) is 38.1 Å². The monoisotopic (exact) mass is 303 g/mol. The van der Waals surface area contributed by atoms with E-state index in [9.17, 15) is 9.18 Å². The van der Waals surface area contributed by atoms with Gasteiger partial charge in [0.05, 0.1) is 13.7 Å². The van der Waals surface area contributed by atoms with E-state index in [1.165, 1.54) is 11.0 Å². The molecule has 0 aromatic heterocycles. The summed E-state index contributed by atoms with van der Waals surface area (Å²) in [6, 6.07) is 13.1. The van der Waals surface area contributed by atoms with Gasteiger partial charge in [-0.1, -0.05) is 12.1 Å². The number of likely N-dealkylation sites (N-methyl/N-ethyl adjacent to an activating group) is 1. The lowest BCUT2D eigenvalue weighted by Gasteiger charge is -2.17. The molecule has 2 aromatic carbocycles. The second-order valence-corrected chi connectivity index (χ2v) is 4.73. The summed E-state index contributed by atoms with van der Waals surface area (Å²) in [5, 5.41) is 0. The lowest BCUT2D eigenvalue weighted by Crippen LogP contribution is -2.30. The van der Waals surface area contributed by atoms with Gasteiger partial charge in [-0.15, -0.1) is 0 Å². The number of methoxy groups -OCH3 is 1. The molecule has 4 nitrogen and oxygen atoms in total. The minimum Gasteiger partial charge on any atom is -0.497 e. The van der Waals surface area contributed by atoms with Crippen LogP contribution in [0.3, 0.4) is 0 Å². The quantitative estimate of drug-likeness (QED) is 0.823. The van der Waals surface area contributed by atoms with E-state index >= 15 is 0 Å². The van der Waals surface area contributed by atoms with E-state index in [-0.39, 0.29) is 18.3 Å². The molecule has 0 aliphatic heterocycles. The highest BCUT2D eigenvalue weighted by Gasteiger charge is 2.12. The molecule has 0 radical (unpaired) electrons. The topological polar surface area (TPSA) is 38.8 Å². The van der Waals surface area contributed by atoms with Crippen LogP contribution in [0.15, 0.2) is 48.5 Å². The first-order chi connectivity index (χ1) is 10.6. The van der Waals surface area contributed by atoms with Crippen molar-refractivity contribution in [1.29, 1.82) is 0 Å². The number of carbonyl (C=O) groups excluding carboxylic acids is 1. The van der Waals surface area contributed by atoms with Gasteiger partial charge in [0.25, 0.3) is 5.91 Å². The Balaban J connectivity index is 1.87. The Bertz CT molecular complexity index is 628. The fourth-order valence-corrected chi connectivity index (χ4v) is 1.91. The predicted molar refractivity (Wildman–Crippen MR) is 81.8 cm³/mol. The number of nitrogens with zero attached hydrogens (tertiary/aromatic N) is 1. The normalized spacial score (nSPS) is 10.1. The largest absolute Gasteiger partial charge is 0.497 e. The number of hydrogen-bond donors (Lipinski definition) is 0. The maximum Gasteiger partial charge on any atom is 0.253 e. The molecule has 5 heteroatoms. The predicted octanol–water partition coefficient (Wildman–Crippen LogP) is 2.99. The van der Waals surface area contributed by atoms with Gasteiger partial charge in [0.15, 0.2) is 11.6 Å². The highest BCUT2D eigenvalue weighted by atomic mass is 19.1. The first kappa shape index (κ1) is 15.8. The second kappa shape index (κ2) is 7.45. The third-order valence-corrected chi connectivity index (χ3v) is 3.20. The summed E-state index contributed by atoms with van der Waals surface area (Å²) >= 11 is 0. The average molecular weight is 303 g/mol. The van der Waals surface area contributed by atoms with Crippen molar-refractivity contribution in [3.05, 3.63) is 59.9 Å². The van der Waals surface area contributed by atoms with E-state index in [1.54, 1.807) is 56.6 Å². The molecule has 2 rings (SSSR count). The summed E-state index contributed by atoms with van der Waals surface area (Å²) in [5.41, 5.74) is 0.564. The number of halogens is 1. The van der Waals surface area contributed by atoms with Crippen LogP contribution in [0.25, 0.3) is 0 Å². The fourth-order valence-electron chi connectivity index (χ4n) is 1.91. The SMILES string of the molecule is COc1ccc(C(=O)N(C)CCOc2ccccc2F)cc1. The van der Waals surface area contributed by atoms with Crippen LogP contribution >= 0.6 is 0 Å². The van der Waals surface area contributed by atoms with Gasteiger partial charge in [0.1, 0.15) is 12.4 Å². The summed E-state index contributed by atoms with van der Waals surface area (Å²) < 4.78 is 23.8. The van der Waals surface area contributed by atoms with E-state index in [0.717, 1.165) is 0 Å². The zero-order valence-corrected chi connectivity index (χ0v) is 12.6. The summed E-state index contributed by atoms with van der Waals surface area (Å²) in [7, 11) is 3.25. The van der Waals surface area contributed by atoms with Gasteiger partial charge >= 0.3 is 0 Å². The highest BCUT2D eigenvalue weighted by molar-refractivity contribution is 5.94. The number of benzene rings is 2. The molecule has 22 heavy (non-hydrogen) atoms. The summed E-state index contributed by atoms with van der Waals surface area (Å²) in [5.74, 6) is 0.348. The van der Waals surface area contributed by atoms with E-state index < -0.39 is 5.82 Å². The van der Waals surface area contributed by atoms with E-state index in [4.69, 9.17) is 9.47 Å².